The maximum atomic E-state index is 9.45. The van der Waals surface area contributed by atoms with Gasteiger partial charge in [-0.2, -0.15) is 5.26 Å². The summed E-state index contributed by atoms with van der Waals surface area (Å²) in [4.78, 5) is 0. The zero-order valence-corrected chi connectivity index (χ0v) is 14.4. The molecule has 0 unspecified atom stereocenters. The number of rotatable bonds is 5. The monoisotopic (exact) mass is 340 g/mol. The third-order valence-electron chi connectivity index (χ3n) is 4.25. The average molecular weight is 340 g/mol. The van der Waals surface area contributed by atoms with Gasteiger partial charge in [0.1, 0.15) is 17.5 Å². The van der Waals surface area contributed by atoms with Gasteiger partial charge in [0.05, 0.1) is 21.3 Å². The molecule has 2 heterocycles. The van der Waals surface area contributed by atoms with E-state index >= 15 is 0 Å². The number of nitrogens with one attached hydrogen (secondary N) is 2. The molecule has 0 aromatic heterocycles. The Hall–Kier alpha value is -3.27. The van der Waals surface area contributed by atoms with Gasteiger partial charge in [-0.3, -0.25) is 0 Å². The summed E-state index contributed by atoms with van der Waals surface area (Å²) < 4.78 is 16.2. The van der Waals surface area contributed by atoms with Gasteiger partial charge in [0.2, 0.25) is 5.75 Å². The van der Waals surface area contributed by atoms with Gasteiger partial charge >= 0.3 is 0 Å². The first-order valence-electron chi connectivity index (χ1n) is 7.75. The fraction of sp³-hybridized carbons (Fsp3) is 0.278. The number of nitrogens with zero attached hydrogens (tertiary/aromatic N) is 1. The molecule has 2 aliphatic heterocycles. The van der Waals surface area contributed by atoms with Crippen LogP contribution in [0.3, 0.4) is 0 Å². The third kappa shape index (κ3) is 2.83. The van der Waals surface area contributed by atoms with Crippen LogP contribution in [0.2, 0.25) is 0 Å². The van der Waals surface area contributed by atoms with Gasteiger partial charge in [-0.25, -0.2) is 0 Å². The number of hydrogen-bond donors (Lipinski definition) is 3. The van der Waals surface area contributed by atoms with Crippen LogP contribution in [0.1, 0.15) is 5.56 Å². The van der Waals surface area contributed by atoms with E-state index in [1.807, 2.05) is 18.3 Å². The number of fused-ring (bicyclic) bond motifs is 1. The van der Waals surface area contributed by atoms with E-state index < -0.39 is 0 Å². The smallest absolute Gasteiger partial charge is 0.203 e. The summed E-state index contributed by atoms with van der Waals surface area (Å²) in [6.07, 6.45) is 2.42. The normalized spacial score (nSPS) is 15.7. The molecule has 0 radical (unpaired) electrons. The van der Waals surface area contributed by atoms with Crippen LogP contribution in [0.15, 0.2) is 46.6 Å². The molecule has 1 aromatic carbocycles. The van der Waals surface area contributed by atoms with Gasteiger partial charge < -0.3 is 30.6 Å². The van der Waals surface area contributed by atoms with Gasteiger partial charge in [-0.05, 0) is 23.3 Å². The first kappa shape index (κ1) is 16.6. The fourth-order valence-electron chi connectivity index (χ4n) is 3.09. The van der Waals surface area contributed by atoms with Crippen LogP contribution in [0.4, 0.5) is 0 Å². The molecule has 7 nitrogen and oxygen atoms in total. The zero-order chi connectivity index (χ0) is 18.0. The zero-order valence-electron chi connectivity index (χ0n) is 14.4. The molecule has 1 aromatic rings. The number of dihydropyridines is 1. The molecule has 3 rings (SSSR count). The van der Waals surface area contributed by atoms with E-state index in [1.165, 1.54) is 0 Å². The molecule has 4 N–H and O–H groups in total. The standard InChI is InChI=1S/C18H20N4O3/c1-23-14-5-10(6-15(24-2)17(14)25-3)4-13-16-11(8-21-13)9-22-18(20)12(16)7-19/h5-6,9,21-22H,4,8,20H2,1-3H3. The molecule has 25 heavy (non-hydrogen) atoms. The highest BCUT2D eigenvalue weighted by atomic mass is 16.5. The van der Waals surface area contributed by atoms with Crippen molar-refractivity contribution in [2.24, 2.45) is 5.73 Å². The minimum absolute atomic E-state index is 0.368. The lowest BCUT2D eigenvalue weighted by atomic mass is 9.95. The van der Waals surface area contributed by atoms with Crippen LogP contribution in [-0.2, 0) is 6.42 Å². The average Bonchev–Trinajstić information content (AvgIpc) is 3.03. The van der Waals surface area contributed by atoms with E-state index in [-0.39, 0.29) is 0 Å². The van der Waals surface area contributed by atoms with E-state index in [4.69, 9.17) is 19.9 Å². The van der Waals surface area contributed by atoms with Crippen molar-refractivity contribution in [2.45, 2.75) is 6.42 Å². The van der Waals surface area contributed by atoms with Gasteiger partial charge in [0.15, 0.2) is 11.5 Å². The number of nitriles is 1. The Morgan fingerprint density at radius 1 is 1.16 bits per heavy atom. The number of nitrogens with two attached hydrogens (primary N) is 1. The number of benzene rings is 1. The highest BCUT2D eigenvalue weighted by Gasteiger charge is 2.27. The lowest BCUT2D eigenvalue weighted by Crippen LogP contribution is -2.22. The molecule has 2 aliphatic rings. The Kier molecular flexibility index (Phi) is 4.44. The highest BCUT2D eigenvalue weighted by molar-refractivity contribution is 5.63. The Morgan fingerprint density at radius 3 is 2.40 bits per heavy atom. The summed E-state index contributed by atoms with van der Waals surface area (Å²) in [6, 6.07) is 5.99. The van der Waals surface area contributed by atoms with Crippen LogP contribution >= 0.6 is 0 Å². The molecule has 0 atom stereocenters. The van der Waals surface area contributed by atoms with Crippen molar-refractivity contribution in [1.29, 1.82) is 5.26 Å². The largest absolute Gasteiger partial charge is 0.493 e. The third-order valence-corrected chi connectivity index (χ3v) is 4.25. The van der Waals surface area contributed by atoms with Crippen LogP contribution < -0.4 is 30.6 Å². The quantitative estimate of drug-likeness (QED) is 0.742. The summed E-state index contributed by atoms with van der Waals surface area (Å²) in [6.45, 7) is 0.653. The highest BCUT2D eigenvalue weighted by Crippen LogP contribution is 2.39. The molecule has 130 valence electrons. The van der Waals surface area contributed by atoms with Crippen molar-refractivity contribution in [3.63, 3.8) is 0 Å². The Balaban J connectivity index is 2.03. The number of ether oxygens (including phenoxy) is 3. The molecule has 0 aliphatic carbocycles. The molecule has 0 fully saturated rings. The summed E-state index contributed by atoms with van der Waals surface area (Å²) in [5, 5.41) is 15.7. The van der Waals surface area contributed by atoms with Crippen LogP contribution in [0, 0.1) is 11.3 Å². The van der Waals surface area contributed by atoms with Crippen molar-refractivity contribution in [1.82, 2.24) is 10.6 Å². The maximum Gasteiger partial charge on any atom is 0.203 e. The van der Waals surface area contributed by atoms with E-state index in [0.717, 1.165) is 22.4 Å². The lowest BCUT2D eigenvalue weighted by Gasteiger charge is -2.16. The van der Waals surface area contributed by atoms with Crippen molar-refractivity contribution < 1.29 is 14.2 Å². The van der Waals surface area contributed by atoms with Gasteiger partial charge in [-0.1, -0.05) is 0 Å². The molecule has 0 bridgehead atoms. The molecular weight excluding hydrogens is 320 g/mol. The topological polar surface area (TPSA) is 102 Å². The predicted octanol–water partition coefficient (Wildman–Crippen LogP) is 1.29. The summed E-state index contributed by atoms with van der Waals surface area (Å²) >= 11 is 0. The predicted molar refractivity (Wildman–Crippen MR) is 92.9 cm³/mol. The number of hydrogen-bond acceptors (Lipinski definition) is 7. The van der Waals surface area contributed by atoms with E-state index in [9.17, 15) is 5.26 Å². The fourth-order valence-corrected chi connectivity index (χ4v) is 3.09. The van der Waals surface area contributed by atoms with Crippen LogP contribution in [0.25, 0.3) is 0 Å². The Labute approximate surface area is 146 Å². The second-order valence-electron chi connectivity index (χ2n) is 5.63. The number of methoxy groups -OCH3 is 3. The molecule has 0 spiro atoms. The molecule has 0 amide bonds. The molecule has 0 saturated carbocycles. The van der Waals surface area contributed by atoms with Crippen LogP contribution in [0.5, 0.6) is 17.2 Å². The van der Waals surface area contributed by atoms with Crippen molar-refractivity contribution >= 4 is 0 Å². The molecule has 7 heteroatoms. The van der Waals surface area contributed by atoms with E-state index in [2.05, 4.69) is 16.7 Å². The summed E-state index contributed by atoms with van der Waals surface area (Å²) in [7, 11) is 4.74. The Morgan fingerprint density at radius 2 is 1.84 bits per heavy atom. The number of allylic oxidation sites excluding steroid dienone is 2. The van der Waals surface area contributed by atoms with Crippen molar-refractivity contribution in [3.05, 3.63) is 52.1 Å². The van der Waals surface area contributed by atoms with E-state index in [0.29, 0.717) is 41.6 Å². The lowest BCUT2D eigenvalue weighted by molar-refractivity contribution is 0.324. The maximum absolute atomic E-state index is 9.45. The molecule has 0 saturated heterocycles. The molecular formula is C18H20N4O3. The second kappa shape index (κ2) is 6.69. The van der Waals surface area contributed by atoms with Gasteiger partial charge in [-0.15, -0.1) is 0 Å². The Bertz CT molecular complexity index is 821. The van der Waals surface area contributed by atoms with Crippen LogP contribution in [-0.4, -0.2) is 27.9 Å². The minimum Gasteiger partial charge on any atom is -0.493 e. The first-order chi connectivity index (χ1) is 12.1. The van der Waals surface area contributed by atoms with Crippen molar-refractivity contribution in [3.8, 4) is 23.3 Å². The van der Waals surface area contributed by atoms with E-state index in [1.54, 1.807) is 21.3 Å². The second-order valence-corrected chi connectivity index (χ2v) is 5.63. The summed E-state index contributed by atoms with van der Waals surface area (Å²) in [5.41, 5.74) is 10.2. The first-order valence-corrected chi connectivity index (χ1v) is 7.75. The SMILES string of the molecule is COc1cc(CC2=C3C(=CNC(N)=C3C#N)CN2)cc(OC)c1OC. The van der Waals surface area contributed by atoms with Gasteiger partial charge in [0, 0.05) is 30.4 Å². The van der Waals surface area contributed by atoms with Crippen molar-refractivity contribution in [2.75, 3.05) is 27.9 Å². The minimum atomic E-state index is 0.368. The van der Waals surface area contributed by atoms with Gasteiger partial charge in [0.25, 0.3) is 0 Å². The summed E-state index contributed by atoms with van der Waals surface area (Å²) in [5.74, 6) is 2.11.